The minimum absolute atomic E-state index is 0.290. The number of thiazole rings is 1. The van der Waals surface area contributed by atoms with E-state index in [1.54, 1.807) is 0 Å². The van der Waals surface area contributed by atoms with Crippen LogP contribution in [0.2, 0.25) is 0 Å². The molecule has 0 atom stereocenters. The summed E-state index contributed by atoms with van der Waals surface area (Å²) in [7, 11) is 0. The highest BCUT2D eigenvalue weighted by atomic mass is 32.1. The van der Waals surface area contributed by atoms with Gasteiger partial charge in [0.05, 0.1) is 5.69 Å². The normalized spacial score (nSPS) is 13.1. The van der Waals surface area contributed by atoms with Crippen molar-refractivity contribution < 1.29 is 9.47 Å². The van der Waals surface area contributed by atoms with Crippen molar-refractivity contribution in [1.29, 1.82) is 0 Å². The highest BCUT2D eigenvalue weighted by molar-refractivity contribution is 7.18. The van der Waals surface area contributed by atoms with Gasteiger partial charge in [0.15, 0.2) is 11.5 Å². The molecule has 1 aliphatic heterocycles. The Balaban J connectivity index is 2.07. The van der Waals surface area contributed by atoms with Crippen LogP contribution in [0.4, 0.5) is 5.00 Å². The van der Waals surface area contributed by atoms with Crippen molar-refractivity contribution in [3.8, 4) is 22.1 Å². The zero-order chi connectivity index (χ0) is 11.1. The summed E-state index contributed by atoms with van der Waals surface area (Å²) in [5.41, 5.74) is 7.67. The molecule has 1 aliphatic rings. The monoisotopic (exact) mass is 234 g/mol. The zero-order valence-corrected chi connectivity index (χ0v) is 9.50. The first-order chi connectivity index (χ1) is 7.74. The van der Waals surface area contributed by atoms with Crippen molar-refractivity contribution in [2.45, 2.75) is 6.92 Å². The molecule has 16 heavy (non-hydrogen) atoms. The Kier molecular flexibility index (Phi) is 2.00. The van der Waals surface area contributed by atoms with Gasteiger partial charge >= 0.3 is 0 Å². The van der Waals surface area contributed by atoms with E-state index in [2.05, 4.69) is 4.98 Å². The number of nitrogen functional groups attached to an aromatic ring is 1. The van der Waals surface area contributed by atoms with Gasteiger partial charge in [-0.05, 0) is 25.1 Å². The lowest BCUT2D eigenvalue weighted by atomic mass is 10.2. The van der Waals surface area contributed by atoms with Crippen LogP contribution in [0.1, 0.15) is 5.69 Å². The molecule has 4 nitrogen and oxygen atoms in total. The number of ether oxygens (including phenoxy) is 2. The van der Waals surface area contributed by atoms with E-state index in [9.17, 15) is 0 Å². The Morgan fingerprint density at radius 3 is 2.88 bits per heavy atom. The first-order valence-corrected chi connectivity index (χ1v) is 5.68. The fourth-order valence-corrected chi connectivity index (χ4v) is 2.39. The van der Waals surface area contributed by atoms with Crippen molar-refractivity contribution in [3.05, 3.63) is 23.9 Å². The molecule has 3 rings (SSSR count). The standard InChI is InChI=1S/C11H10N2O2S/c1-6-10(12)16-11(13-6)7-2-3-8-9(4-7)15-5-14-8/h2-4H,5,12H2,1H3. The van der Waals surface area contributed by atoms with Crippen molar-refractivity contribution in [2.75, 3.05) is 12.5 Å². The van der Waals surface area contributed by atoms with E-state index < -0.39 is 0 Å². The van der Waals surface area contributed by atoms with Crippen LogP contribution in [0.3, 0.4) is 0 Å². The Labute approximate surface area is 96.6 Å². The molecule has 0 saturated heterocycles. The van der Waals surface area contributed by atoms with E-state index in [1.165, 1.54) is 11.3 Å². The van der Waals surface area contributed by atoms with Crippen LogP contribution in [0, 0.1) is 6.92 Å². The third-order valence-corrected chi connectivity index (χ3v) is 3.49. The molecule has 0 aliphatic carbocycles. The van der Waals surface area contributed by atoms with E-state index in [0.717, 1.165) is 32.8 Å². The Morgan fingerprint density at radius 1 is 1.31 bits per heavy atom. The van der Waals surface area contributed by atoms with Gasteiger partial charge in [-0.2, -0.15) is 0 Å². The fourth-order valence-electron chi connectivity index (χ4n) is 1.56. The maximum atomic E-state index is 5.79. The largest absolute Gasteiger partial charge is 0.454 e. The SMILES string of the molecule is Cc1nc(-c2ccc3c(c2)OCO3)sc1N. The summed E-state index contributed by atoms with van der Waals surface area (Å²) in [6.07, 6.45) is 0. The lowest BCUT2D eigenvalue weighted by Crippen LogP contribution is -1.92. The molecule has 0 fully saturated rings. The highest BCUT2D eigenvalue weighted by Gasteiger charge is 2.15. The molecular formula is C11H10N2O2S. The van der Waals surface area contributed by atoms with Gasteiger partial charge in [-0.25, -0.2) is 4.98 Å². The maximum Gasteiger partial charge on any atom is 0.231 e. The number of hydrogen-bond donors (Lipinski definition) is 1. The van der Waals surface area contributed by atoms with Crippen LogP contribution >= 0.6 is 11.3 Å². The summed E-state index contributed by atoms with van der Waals surface area (Å²) in [5, 5.41) is 1.67. The average Bonchev–Trinajstić information content (AvgIpc) is 2.85. The topological polar surface area (TPSA) is 57.4 Å². The lowest BCUT2D eigenvalue weighted by Gasteiger charge is -1.98. The predicted molar refractivity (Wildman–Crippen MR) is 62.8 cm³/mol. The molecule has 1 aromatic carbocycles. The van der Waals surface area contributed by atoms with Crippen LogP contribution in [-0.4, -0.2) is 11.8 Å². The second kappa shape index (κ2) is 3.38. The van der Waals surface area contributed by atoms with Crippen molar-refractivity contribution >= 4 is 16.3 Å². The molecule has 0 radical (unpaired) electrons. The minimum atomic E-state index is 0.290. The second-order valence-corrected chi connectivity index (χ2v) is 4.57. The van der Waals surface area contributed by atoms with Crippen LogP contribution in [0.5, 0.6) is 11.5 Å². The molecule has 0 saturated carbocycles. The summed E-state index contributed by atoms with van der Waals surface area (Å²) in [4.78, 5) is 4.40. The van der Waals surface area contributed by atoms with Gasteiger partial charge < -0.3 is 15.2 Å². The van der Waals surface area contributed by atoms with Crippen LogP contribution in [0.25, 0.3) is 10.6 Å². The number of fused-ring (bicyclic) bond motifs is 1. The minimum Gasteiger partial charge on any atom is -0.454 e. The maximum absolute atomic E-state index is 5.79. The number of aromatic nitrogens is 1. The van der Waals surface area contributed by atoms with Gasteiger partial charge in [-0.15, -0.1) is 0 Å². The van der Waals surface area contributed by atoms with Gasteiger partial charge in [-0.1, -0.05) is 11.3 Å². The van der Waals surface area contributed by atoms with Gasteiger partial charge in [-0.3, -0.25) is 0 Å². The van der Waals surface area contributed by atoms with Gasteiger partial charge in [0.2, 0.25) is 6.79 Å². The Morgan fingerprint density at radius 2 is 2.12 bits per heavy atom. The van der Waals surface area contributed by atoms with Gasteiger partial charge in [0.1, 0.15) is 10.0 Å². The smallest absolute Gasteiger partial charge is 0.231 e. The Hall–Kier alpha value is -1.75. The van der Waals surface area contributed by atoms with Crippen molar-refractivity contribution in [3.63, 3.8) is 0 Å². The van der Waals surface area contributed by atoms with Crippen LogP contribution in [-0.2, 0) is 0 Å². The van der Waals surface area contributed by atoms with E-state index in [-0.39, 0.29) is 6.79 Å². The van der Waals surface area contributed by atoms with E-state index in [1.807, 2.05) is 25.1 Å². The second-order valence-electron chi connectivity index (χ2n) is 3.54. The van der Waals surface area contributed by atoms with Crippen LogP contribution < -0.4 is 15.2 Å². The molecule has 2 N–H and O–H groups in total. The summed E-state index contributed by atoms with van der Waals surface area (Å²) >= 11 is 1.48. The molecule has 0 amide bonds. The molecule has 1 aromatic heterocycles. The lowest BCUT2D eigenvalue weighted by molar-refractivity contribution is 0.174. The quantitative estimate of drug-likeness (QED) is 0.823. The summed E-state index contributed by atoms with van der Waals surface area (Å²) < 4.78 is 10.6. The highest BCUT2D eigenvalue weighted by Crippen LogP contribution is 2.37. The zero-order valence-electron chi connectivity index (χ0n) is 8.69. The van der Waals surface area contributed by atoms with Gasteiger partial charge in [0, 0.05) is 5.56 Å². The summed E-state index contributed by atoms with van der Waals surface area (Å²) in [6.45, 7) is 2.19. The predicted octanol–water partition coefficient (Wildman–Crippen LogP) is 2.43. The third kappa shape index (κ3) is 1.40. The van der Waals surface area contributed by atoms with E-state index >= 15 is 0 Å². The molecule has 0 unspecified atom stereocenters. The first kappa shape index (κ1) is 9.47. The molecule has 2 heterocycles. The summed E-state index contributed by atoms with van der Waals surface area (Å²) in [6, 6.07) is 5.79. The fraction of sp³-hybridized carbons (Fsp3) is 0.182. The number of aryl methyl sites for hydroxylation is 1. The third-order valence-electron chi connectivity index (χ3n) is 2.45. The number of hydrogen-bond acceptors (Lipinski definition) is 5. The van der Waals surface area contributed by atoms with E-state index in [4.69, 9.17) is 15.2 Å². The average molecular weight is 234 g/mol. The van der Waals surface area contributed by atoms with E-state index in [0.29, 0.717) is 0 Å². The molecule has 5 heteroatoms. The first-order valence-electron chi connectivity index (χ1n) is 4.87. The molecule has 2 aromatic rings. The van der Waals surface area contributed by atoms with Gasteiger partial charge in [0.25, 0.3) is 0 Å². The Bertz CT molecular complexity index is 531. The number of benzene rings is 1. The number of nitrogens with zero attached hydrogens (tertiary/aromatic N) is 1. The van der Waals surface area contributed by atoms with Crippen LogP contribution in [0.15, 0.2) is 18.2 Å². The number of nitrogens with two attached hydrogens (primary N) is 1. The molecule has 0 spiro atoms. The van der Waals surface area contributed by atoms with Crippen molar-refractivity contribution in [1.82, 2.24) is 4.98 Å². The summed E-state index contributed by atoms with van der Waals surface area (Å²) in [5.74, 6) is 1.55. The molecular weight excluding hydrogens is 224 g/mol. The number of anilines is 1. The van der Waals surface area contributed by atoms with Crippen molar-refractivity contribution in [2.24, 2.45) is 0 Å². The molecule has 0 bridgehead atoms. The molecule has 82 valence electrons. The number of rotatable bonds is 1.